The van der Waals surface area contributed by atoms with E-state index < -0.39 is 0 Å². The van der Waals surface area contributed by atoms with Crippen LogP contribution in [0.5, 0.6) is 0 Å². The Morgan fingerprint density at radius 2 is 2.32 bits per heavy atom. The molecule has 4 heteroatoms. The van der Waals surface area contributed by atoms with Crippen LogP contribution in [0, 0.1) is 17.6 Å². The number of benzene rings is 1. The Hall–Kier alpha value is -1.13. The lowest BCUT2D eigenvalue weighted by Gasteiger charge is -2.17. The number of hydrogen-bond acceptors (Lipinski definition) is 2. The molecule has 0 saturated carbocycles. The third-order valence-corrected chi connectivity index (χ3v) is 4.51. The number of aromatic nitrogens is 2. The molecule has 102 valence electrons. The SMILES string of the molecule is CCC1OCCC1Cn1c(=S)[nH]c2c(C)cccc21. The van der Waals surface area contributed by atoms with Crippen LogP contribution in [0.1, 0.15) is 25.3 Å². The third-order valence-electron chi connectivity index (χ3n) is 4.18. The number of rotatable bonds is 3. The topological polar surface area (TPSA) is 29.9 Å². The average Bonchev–Trinajstić information content (AvgIpc) is 2.97. The molecule has 0 spiro atoms. The lowest BCUT2D eigenvalue weighted by atomic mass is 9.99. The highest BCUT2D eigenvalue weighted by Gasteiger charge is 2.27. The summed E-state index contributed by atoms with van der Waals surface area (Å²) in [5, 5.41) is 0. The highest BCUT2D eigenvalue weighted by molar-refractivity contribution is 7.71. The summed E-state index contributed by atoms with van der Waals surface area (Å²) in [5.74, 6) is 0.580. The zero-order valence-electron chi connectivity index (χ0n) is 11.5. The molecule has 2 atom stereocenters. The molecule has 3 rings (SSSR count). The van der Waals surface area contributed by atoms with E-state index in [0.717, 1.165) is 30.8 Å². The zero-order chi connectivity index (χ0) is 13.4. The summed E-state index contributed by atoms with van der Waals surface area (Å²) in [7, 11) is 0. The summed E-state index contributed by atoms with van der Waals surface area (Å²) in [6, 6.07) is 6.36. The molecule has 19 heavy (non-hydrogen) atoms. The summed E-state index contributed by atoms with van der Waals surface area (Å²) in [4.78, 5) is 3.34. The molecule has 2 heterocycles. The van der Waals surface area contributed by atoms with Gasteiger partial charge in [0, 0.05) is 19.1 Å². The number of fused-ring (bicyclic) bond motifs is 1. The number of imidazole rings is 1. The molecule has 2 unspecified atom stereocenters. The van der Waals surface area contributed by atoms with Crippen molar-refractivity contribution in [2.24, 2.45) is 5.92 Å². The maximum atomic E-state index is 5.78. The number of H-pyrrole nitrogens is 1. The first-order valence-corrected chi connectivity index (χ1v) is 7.41. The standard InChI is InChI=1S/C15H20N2OS/c1-3-13-11(7-8-18-13)9-17-12-6-4-5-10(2)14(12)16-15(17)19/h4-6,11,13H,3,7-9H2,1-2H3,(H,16,19). The smallest absolute Gasteiger partial charge is 0.178 e. The molecule has 3 nitrogen and oxygen atoms in total. The molecule has 1 aromatic carbocycles. The average molecular weight is 276 g/mol. The van der Waals surface area contributed by atoms with Crippen molar-refractivity contribution in [2.45, 2.75) is 39.3 Å². The van der Waals surface area contributed by atoms with Gasteiger partial charge in [-0.3, -0.25) is 0 Å². The second kappa shape index (κ2) is 5.10. The van der Waals surface area contributed by atoms with Crippen molar-refractivity contribution in [1.82, 2.24) is 9.55 Å². The summed E-state index contributed by atoms with van der Waals surface area (Å²) in [5.41, 5.74) is 3.63. The van der Waals surface area contributed by atoms with Crippen LogP contribution in [0.3, 0.4) is 0 Å². The Labute approximate surface area is 118 Å². The number of nitrogens with zero attached hydrogens (tertiary/aromatic N) is 1. The minimum atomic E-state index is 0.386. The van der Waals surface area contributed by atoms with Crippen molar-refractivity contribution in [3.8, 4) is 0 Å². The Morgan fingerprint density at radius 3 is 3.11 bits per heavy atom. The fourth-order valence-corrected chi connectivity index (χ4v) is 3.37. The third kappa shape index (κ3) is 2.23. The van der Waals surface area contributed by atoms with Gasteiger partial charge >= 0.3 is 0 Å². The van der Waals surface area contributed by atoms with Crippen LogP contribution in [-0.2, 0) is 11.3 Å². The van der Waals surface area contributed by atoms with E-state index in [0.29, 0.717) is 12.0 Å². The Balaban J connectivity index is 1.99. The first-order valence-electron chi connectivity index (χ1n) is 7.00. The van der Waals surface area contributed by atoms with Gasteiger partial charge in [0.2, 0.25) is 0 Å². The summed E-state index contributed by atoms with van der Waals surface area (Å²) < 4.78 is 8.84. The van der Waals surface area contributed by atoms with Crippen LogP contribution in [0.4, 0.5) is 0 Å². The van der Waals surface area contributed by atoms with E-state index in [4.69, 9.17) is 17.0 Å². The van der Waals surface area contributed by atoms with Gasteiger partial charge in [0.15, 0.2) is 4.77 Å². The molecular formula is C15H20N2OS. The minimum Gasteiger partial charge on any atom is -0.378 e. The van der Waals surface area contributed by atoms with E-state index in [1.54, 1.807) is 0 Å². The predicted octanol–water partition coefficient (Wildman–Crippen LogP) is 3.82. The van der Waals surface area contributed by atoms with Gasteiger partial charge in [0.05, 0.1) is 17.1 Å². The lowest BCUT2D eigenvalue weighted by Crippen LogP contribution is -2.20. The fraction of sp³-hybridized carbons (Fsp3) is 0.533. The number of nitrogens with one attached hydrogen (secondary N) is 1. The molecule has 1 N–H and O–H groups in total. The summed E-state index contributed by atoms with van der Waals surface area (Å²) in [6.45, 7) is 6.16. The van der Waals surface area contributed by atoms with Gasteiger partial charge in [-0.2, -0.15) is 0 Å². The number of ether oxygens (including phenoxy) is 1. The predicted molar refractivity (Wildman–Crippen MR) is 80.0 cm³/mol. The van der Waals surface area contributed by atoms with Gasteiger partial charge in [0.25, 0.3) is 0 Å². The van der Waals surface area contributed by atoms with Crippen LogP contribution in [-0.4, -0.2) is 22.3 Å². The van der Waals surface area contributed by atoms with E-state index in [9.17, 15) is 0 Å². The van der Waals surface area contributed by atoms with Crippen LogP contribution >= 0.6 is 12.2 Å². The van der Waals surface area contributed by atoms with Gasteiger partial charge in [-0.25, -0.2) is 0 Å². The number of aromatic amines is 1. The van der Waals surface area contributed by atoms with Crippen LogP contribution in [0.25, 0.3) is 11.0 Å². The van der Waals surface area contributed by atoms with Crippen molar-refractivity contribution in [3.05, 3.63) is 28.5 Å². The molecule has 1 aliphatic heterocycles. The van der Waals surface area contributed by atoms with Gasteiger partial charge < -0.3 is 14.3 Å². The van der Waals surface area contributed by atoms with Crippen LogP contribution in [0.2, 0.25) is 0 Å². The Kier molecular flexibility index (Phi) is 3.46. The largest absolute Gasteiger partial charge is 0.378 e. The summed E-state index contributed by atoms with van der Waals surface area (Å²) >= 11 is 5.49. The minimum absolute atomic E-state index is 0.386. The number of aryl methyl sites for hydroxylation is 1. The van der Waals surface area contributed by atoms with E-state index in [-0.39, 0.29) is 0 Å². The van der Waals surface area contributed by atoms with Gasteiger partial charge in [-0.05, 0) is 43.6 Å². The van der Waals surface area contributed by atoms with Gasteiger partial charge in [-0.15, -0.1) is 0 Å². The lowest BCUT2D eigenvalue weighted by molar-refractivity contribution is 0.0837. The Morgan fingerprint density at radius 1 is 1.47 bits per heavy atom. The van der Waals surface area contributed by atoms with Crippen LogP contribution in [0.15, 0.2) is 18.2 Å². The van der Waals surface area contributed by atoms with Crippen molar-refractivity contribution < 1.29 is 4.74 Å². The molecular weight excluding hydrogens is 256 g/mol. The second-order valence-corrected chi connectivity index (χ2v) is 5.76. The zero-order valence-corrected chi connectivity index (χ0v) is 12.3. The molecule has 0 bridgehead atoms. The van der Waals surface area contributed by atoms with Crippen molar-refractivity contribution >= 4 is 23.3 Å². The maximum absolute atomic E-state index is 5.78. The highest BCUT2D eigenvalue weighted by Crippen LogP contribution is 2.27. The van der Waals surface area contributed by atoms with Crippen LogP contribution < -0.4 is 0 Å². The number of para-hydroxylation sites is 1. The fourth-order valence-electron chi connectivity index (χ4n) is 3.09. The van der Waals surface area contributed by atoms with E-state index >= 15 is 0 Å². The molecule has 2 aromatic rings. The van der Waals surface area contributed by atoms with Crippen molar-refractivity contribution in [2.75, 3.05) is 6.61 Å². The molecule has 1 saturated heterocycles. The highest BCUT2D eigenvalue weighted by atomic mass is 32.1. The first kappa shape index (κ1) is 12.9. The molecule has 0 amide bonds. The quantitative estimate of drug-likeness (QED) is 0.864. The van der Waals surface area contributed by atoms with E-state index in [1.807, 2.05) is 0 Å². The molecule has 1 fully saturated rings. The van der Waals surface area contributed by atoms with Crippen molar-refractivity contribution in [1.29, 1.82) is 0 Å². The second-order valence-electron chi connectivity index (χ2n) is 5.38. The first-order chi connectivity index (χ1) is 9.20. The van der Waals surface area contributed by atoms with Gasteiger partial charge in [0.1, 0.15) is 0 Å². The molecule has 1 aromatic heterocycles. The number of hydrogen-bond donors (Lipinski definition) is 1. The maximum Gasteiger partial charge on any atom is 0.178 e. The molecule has 1 aliphatic rings. The monoisotopic (exact) mass is 276 g/mol. The van der Waals surface area contributed by atoms with E-state index in [2.05, 4.69) is 41.6 Å². The van der Waals surface area contributed by atoms with Crippen molar-refractivity contribution in [3.63, 3.8) is 0 Å². The Bertz CT molecular complexity index is 643. The van der Waals surface area contributed by atoms with Gasteiger partial charge in [-0.1, -0.05) is 19.1 Å². The van der Waals surface area contributed by atoms with E-state index in [1.165, 1.54) is 16.6 Å². The molecule has 0 radical (unpaired) electrons. The normalized spacial score (nSPS) is 23.3. The summed E-state index contributed by atoms with van der Waals surface area (Å²) in [6.07, 6.45) is 2.61. The molecule has 0 aliphatic carbocycles.